The van der Waals surface area contributed by atoms with Crippen LogP contribution in [-0.4, -0.2) is 25.6 Å². The molecule has 1 aliphatic carbocycles. The second-order valence-corrected chi connectivity index (χ2v) is 10.1. The zero-order valence-corrected chi connectivity index (χ0v) is 17.9. The highest BCUT2D eigenvalue weighted by Gasteiger charge is 2.38. The van der Waals surface area contributed by atoms with Gasteiger partial charge in [-0.15, -0.1) is 0 Å². The third-order valence-electron chi connectivity index (χ3n) is 5.55. The highest BCUT2D eigenvalue weighted by Crippen LogP contribution is 2.36. The Labute approximate surface area is 188 Å². The summed E-state index contributed by atoms with van der Waals surface area (Å²) in [6.07, 6.45) is -10.0. The van der Waals surface area contributed by atoms with E-state index < -0.39 is 72.6 Å². The zero-order chi connectivity index (χ0) is 25.5. The molecule has 0 aliphatic heterocycles. The average molecular weight is 515 g/mol. The predicted molar refractivity (Wildman–Crippen MR) is 104 cm³/mol. The van der Waals surface area contributed by atoms with Crippen LogP contribution < -0.4 is 5.32 Å². The summed E-state index contributed by atoms with van der Waals surface area (Å²) in [5, 5.41) is 1.37. The SMILES string of the molecule is O=C(NC1CCC(S(=O)(=O)c2ccc(F)c(C(F)(F)F)c2)CC1)c1ccc(F)c(C(F)(F)F)c1. The number of benzene rings is 2. The summed E-state index contributed by atoms with van der Waals surface area (Å²) in [5.41, 5.74) is -3.74. The largest absolute Gasteiger partial charge is 0.419 e. The van der Waals surface area contributed by atoms with Crippen molar-refractivity contribution in [3.05, 3.63) is 64.7 Å². The predicted octanol–water partition coefficient (Wildman–Crippen LogP) is 5.52. The van der Waals surface area contributed by atoms with Gasteiger partial charge in [0.25, 0.3) is 5.91 Å². The lowest BCUT2D eigenvalue weighted by molar-refractivity contribution is -0.140. The van der Waals surface area contributed by atoms with Crippen molar-refractivity contribution < 1.29 is 48.3 Å². The number of amides is 1. The second kappa shape index (κ2) is 9.16. The number of hydrogen-bond acceptors (Lipinski definition) is 3. The minimum absolute atomic E-state index is 0.0524. The molecule has 13 heteroatoms. The van der Waals surface area contributed by atoms with Crippen LogP contribution >= 0.6 is 0 Å². The molecular weight excluding hydrogens is 498 g/mol. The molecule has 0 spiro atoms. The van der Waals surface area contributed by atoms with E-state index in [4.69, 9.17) is 0 Å². The average Bonchev–Trinajstić information content (AvgIpc) is 2.73. The van der Waals surface area contributed by atoms with Gasteiger partial charge in [-0.05, 0) is 62.1 Å². The fraction of sp³-hybridized carbons (Fsp3) is 0.381. The topological polar surface area (TPSA) is 63.2 Å². The van der Waals surface area contributed by atoms with Crippen molar-refractivity contribution in [2.24, 2.45) is 0 Å². The molecule has 0 saturated heterocycles. The molecule has 0 atom stereocenters. The van der Waals surface area contributed by atoms with Gasteiger partial charge in [0.05, 0.1) is 21.3 Å². The summed E-state index contributed by atoms with van der Waals surface area (Å²) in [6, 6.07) is 2.57. The summed E-state index contributed by atoms with van der Waals surface area (Å²) in [7, 11) is -4.24. The van der Waals surface area contributed by atoms with E-state index in [1.165, 1.54) is 0 Å². The van der Waals surface area contributed by atoms with E-state index in [2.05, 4.69) is 5.32 Å². The van der Waals surface area contributed by atoms with E-state index in [9.17, 15) is 48.3 Å². The minimum Gasteiger partial charge on any atom is -0.349 e. The van der Waals surface area contributed by atoms with Crippen LogP contribution in [0.25, 0.3) is 0 Å². The molecule has 0 radical (unpaired) electrons. The molecule has 0 unspecified atom stereocenters. The Kier molecular flexibility index (Phi) is 6.98. The summed E-state index contributed by atoms with van der Waals surface area (Å²) < 4.78 is 130. The quantitative estimate of drug-likeness (QED) is 0.431. The summed E-state index contributed by atoms with van der Waals surface area (Å²) in [6.45, 7) is 0. The fourth-order valence-electron chi connectivity index (χ4n) is 3.76. The maximum atomic E-state index is 13.5. The Bertz CT molecular complexity index is 1180. The van der Waals surface area contributed by atoms with Gasteiger partial charge in [0.15, 0.2) is 9.84 Å². The van der Waals surface area contributed by atoms with Gasteiger partial charge in [0, 0.05) is 11.6 Å². The standard InChI is InChI=1S/C21H17F8NO3S/c22-17-7-1-11(9-15(17)20(24,25)26)19(31)30-12-2-4-13(5-3-12)34(32,33)14-6-8-18(23)16(10-14)21(27,28)29/h1,6-10,12-13H,2-5H2,(H,30,31). The molecule has 186 valence electrons. The molecule has 1 fully saturated rings. The van der Waals surface area contributed by atoms with Crippen molar-refractivity contribution in [2.45, 2.75) is 54.2 Å². The van der Waals surface area contributed by atoms with E-state index >= 15 is 0 Å². The van der Waals surface area contributed by atoms with E-state index in [1.807, 2.05) is 0 Å². The van der Waals surface area contributed by atoms with Gasteiger partial charge in [-0.3, -0.25) is 4.79 Å². The maximum absolute atomic E-state index is 13.5. The van der Waals surface area contributed by atoms with Crippen molar-refractivity contribution in [1.82, 2.24) is 5.32 Å². The van der Waals surface area contributed by atoms with Gasteiger partial charge in [-0.25, -0.2) is 17.2 Å². The highest BCUT2D eigenvalue weighted by atomic mass is 32.2. The summed E-state index contributed by atoms with van der Waals surface area (Å²) >= 11 is 0. The molecule has 0 aromatic heterocycles. The second-order valence-electron chi connectivity index (χ2n) is 7.82. The van der Waals surface area contributed by atoms with Crippen molar-refractivity contribution in [3.8, 4) is 0 Å². The van der Waals surface area contributed by atoms with Crippen LogP contribution in [0, 0.1) is 11.6 Å². The van der Waals surface area contributed by atoms with Gasteiger partial charge in [-0.1, -0.05) is 0 Å². The fourth-order valence-corrected chi connectivity index (χ4v) is 5.58. The van der Waals surface area contributed by atoms with Crippen LogP contribution in [0.2, 0.25) is 0 Å². The zero-order valence-electron chi connectivity index (χ0n) is 17.1. The number of carbonyl (C=O) groups is 1. The van der Waals surface area contributed by atoms with Crippen molar-refractivity contribution in [1.29, 1.82) is 0 Å². The smallest absolute Gasteiger partial charge is 0.349 e. The van der Waals surface area contributed by atoms with Crippen molar-refractivity contribution >= 4 is 15.7 Å². The van der Waals surface area contributed by atoms with Gasteiger partial charge in [0.1, 0.15) is 11.6 Å². The normalized spacial score (nSPS) is 19.6. The highest BCUT2D eigenvalue weighted by molar-refractivity contribution is 7.92. The van der Waals surface area contributed by atoms with Crippen LogP contribution in [0.5, 0.6) is 0 Å². The Morgan fingerprint density at radius 2 is 1.29 bits per heavy atom. The van der Waals surface area contributed by atoms with Crippen LogP contribution in [0.1, 0.15) is 47.2 Å². The molecule has 34 heavy (non-hydrogen) atoms. The Morgan fingerprint density at radius 3 is 1.82 bits per heavy atom. The molecule has 0 heterocycles. The Hall–Kier alpha value is -2.70. The van der Waals surface area contributed by atoms with Gasteiger partial charge in [-0.2, -0.15) is 26.3 Å². The molecule has 1 saturated carbocycles. The lowest BCUT2D eigenvalue weighted by Gasteiger charge is -2.29. The van der Waals surface area contributed by atoms with E-state index in [-0.39, 0.29) is 31.7 Å². The summed E-state index contributed by atoms with van der Waals surface area (Å²) in [5.74, 6) is -4.05. The Morgan fingerprint density at radius 1 is 0.794 bits per heavy atom. The number of rotatable bonds is 4. The van der Waals surface area contributed by atoms with Gasteiger partial charge < -0.3 is 5.32 Å². The van der Waals surface area contributed by atoms with Gasteiger partial charge >= 0.3 is 12.4 Å². The molecule has 4 nitrogen and oxygen atoms in total. The third-order valence-corrected chi connectivity index (χ3v) is 7.81. The number of sulfone groups is 1. The third kappa shape index (κ3) is 5.50. The molecular formula is C21H17F8NO3S. The lowest BCUT2D eigenvalue weighted by atomic mass is 9.94. The monoisotopic (exact) mass is 515 g/mol. The number of carbonyl (C=O) groups excluding carboxylic acids is 1. The first kappa shape index (κ1) is 25.9. The van der Waals surface area contributed by atoms with Crippen LogP contribution in [0.15, 0.2) is 41.3 Å². The van der Waals surface area contributed by atoms with E-state index in [0.717, 1.165) is 12.1 Å². The van der Waals surface area contributed by atoms with Gasteiger partial charge in [0.2, 0.25) is 0 Å². The first-order valence-electron chi connectivity index (χ1n) is 9.89. The lowest BCUT2D eigenvalue weighted by Crippen LogP contribution is -2.40. The minimum atomic E-state index is -5.08. The molecule has 1 amide bonds. The van der Waals surface area contributed by atoms with E-state index in [1.54, 1.807) is 0 Å². The molecule has 1 N–H and O–H groups in total. The van der Waals surface area contributed by atoms with Crippen LogP contribution in [0.4, 0.5) is 35.1 Å². The van der Waals surface area contributed by atoms with E-state index in [0.29, 0.717) is 18.2 Å². The number of alkyl halides is 6. The first-order chi connectivity index (χ1) is 15.6. The van der Waals surface area contributed by atoms with Crippen molar-refractivity contribution in [3.63, 3.8) is 0 Å². The van der Waals surface area contributed by atoms with Crippen molar-refractivity contribution in [2.75, 3.05) is 0 Å². The first-order valence-corrected chi connectivity index (χ1v) is 11.4. The molecule has 3 rings (SSSR count). The number of nitrogens with one attached hydrogen (secondary N) is 1. The van der Waals surface area contributed by atoms with Crippen LogP contribution in [0.3, 0.4) is 0 Å². The van der Waals surface area contributed by atoms with Crippen LogP contribution in [-0.2, 0) is 22.2 Å². The Balaban J connectivity index is 1.68. The molecule has 1 aliphatic rings. The summed E-state index contributed by atoms with van der Waals surface area (Å²) in [4.78, 5) is 11.6. The number of hydrogen-bond donors (Lipinski definition) is 1. The molecule has 2 aromatic rings. The molecule has 2 aromatic carbocycles. The number of halogens is 8. The maximum Gasteiger partial charge on any atom is 0.419 e. The molecule has 0 bridgehead atoms.